The highest BCUT2D eigenvalue weighted by molar-refractivity contribution is 5.92. The maximum atomic E-state index is 12.3. The van der Waals surface area contributed by atoms with Crippen LogP contribution in [0.1, 0.15) is 29.7 Å². The second kappa shape index (κ2) is 9.04. The number of hydrogen-bond donors (Lipinski definition) is 1. The first-order valence-corrected chi connectivity index (χ1v) is 8.35. The lowest BCUT2D eigenvalue weighted by Crippen LogP contribution is -2.34. The maximum Gasteiger partial charge on any atom is 0.244 e. The smallest absolute Gasteiger partial charge is 0.244 e. The first-order valence-electron chi connectivity index (χ1n) is 8.35. The minimum atomic E-state index is -0.0785. The predicted octanol–water partition coefficient (Wildman–Crippen LogP) is 3.68. The molecule has 3 heteroatoms. The van der Waals surface area contributed by atoms with E-state index >= 15 is 0 Å². The Balaban J connectivity index is 2.02. The van der Waals surface area contributed by atoms with Crippen molar-refractivity contribution in [3.63, 3.8) is 0 Å². The van der Waals surface area contributed by atoms with Crippen LogP contribution in [0.4, 0.5) is 0 Å². The lowest BCUT2D eigenvalue weighted by molar-refractivity contribution is -0.117. The Morgan fingerprint density at radius 1 is 1.08 bits per heavy atom. The second-order valence-electron chi connectivity index (χ2n) is 6.16. The summed E-state index contributed by atoms with van der Waals surface area (Å²) in [6.07, 6.45) is 4.48. The first kappa shape index (κ1) is 18.0. The van der Waals surface area contributed by atoms with Crippen molar-refractivity contribution >= 4 is 12.0 Å². The molecule has 0 aliphatic rings. The van der Waals surface area contributed by atoms with E-state index in [0.29, 0.717) is 0 Å². The minimum Gasteiger partial charge on any atom is -0.344 e. The van der Waals surface area contributed by atoms with Crippen molar-refractivity contribution in [3.05, 3.63) is 77.4 Å². The normalized spacial score (nSPS) is 12.5. The van der Waals surface area contributed by atoms with Gasteiger partial charge in [0.1, 0.15) is 0 Å². The lowest BCUT2D eigenvalue weighted by Gasteiger charge is -2.22. The number of likely N-dealkylation sites (N-methyl/N-ethyl adjacent to an activating group) is 1. The molecule has 1 amide bonds. The van der Waals surface area contributed by atoms with Crippen molar-refractivity contribution in [2.24, 2.45) is 0 Å². The summed E-state index contributed by atoms with van der Waals surface area (Å²) < 4.78 is 0. The average molecular weight is 322 g/mol. The molecule has 2 aromatic carbocycles. The van der Waals surface area contributed by atoms with E-state index < -0.39 is 0 Å². The van der Waals surface area contributed by atoms with Crippen molar-refractivity contribution in [3.8, 4) is 0 Å². The van der Waals surface area contributed by atoms with Crippen LogP contribution in [0.3, 0.4) is 0 Å². The topological polar surface area (TPSA) is 32.3 Å². The van der Waals surface area contributed by atoms with Crippen molar-refractivity contribution in [2.45, 2.75) is 19.4 Å². The predicted molar refractivity (Wildman–Crippen MR) is 101 cm³/mol. The lowest BCUT2D eigenvalue weighted by atomic mass is 10.1. The second-order valence-corrected chi connectivity index (χ2v) is 6.16. The molecule has 3 nitrogen and oxygen atoms in total. The quantitative estimate of drug-likeness (QED) is 0.789. The van der Waals surface area contributed by atoms with E-state index in [1.165, 1.54) is 5.56 Å². The van der Waals surface area contributed by atoms with Crippen molar-refractivity contribution < 1.29 is 4.79 Å². The van der Waals surface area contributed by atoms with E-state index in [0.717, 1.165) is 24.1 Å². The summed E-state index contributed by atoms with van der Waals surface area (Å²) in [6.45, 7) is 2.89. The summed E-state index contributed by atoms with van der Waals surface area (Å²) in [5.74, 6) is -0.0785. The maximum absolute atomic E-state index is 12.3. The molecule has 0 aromatic heterocycles. The van der Waals surface area contributed by atoms with Gasteiger partial charge >= 0.3 is 0 Å². The van der Waals surface area contributed by atoms with Gasteiger partial charge in [0.05, 0.1) is 6.04 Å². The summed E-state index contributed by atoms with van der Waals surface area (Å²) >= 11 is 0. The third-order valence-electron chi connectivity index (χ3n) is 3.88. The zero-order valence-corrected chi connectivity index (χ0v) is 14.7. The van der Waals surface area contributed by atoms with Gasteiger partial charge in [-0.3, -0.25) is 4.79 Å². The highest BCUT2D eigenvalue weighted by Gasteiger charge is 2.13. The van der Waals surface area contributed by atoms with Crippen LogP contribution in [-0.4, -0.2) is 31.4 Å². The number of amides is 1. The Hall–Kier alpha value is -2.39. The minimum absolute atomic E-state index is 0.0270. The molecule has 0 saturated carbocycles. The highest BCUT2D eigenvalue weighted by atomic mass is 16.1. The molecule has 0 bridgehead atoms. The molecule has 0 fully saturated rings. The van der Waals surface area contributed by atoms with Crippen LogP contribution in [0.2, 0.25) is 0 Å². The van der Waals surface area contributed by atoms with Gasteiger partial charge in [0, 0.05) is 12.6 Å². The molecule has 0 aliphatic carbocycles. The fraction of sp³-hybridized carbons (Fsp3) is 0.286. The van der Waals surface area contributed by atoms with Crippen LogP contribution in [-0.2, 0) is 11.2 Å². The van der Waals surface area contributed by atoms with Gasteiger partial charge in [-0.2, -0.15) is 0 Å². The molecule has 0 saturated heterocycles. The van der Waals surface area contributed by atoms with Crippen molar-refractivity contribution in [1.82, 2.24) is 10.2 Å². The van der Waals surface area contributed by atoms with Crippen LogP contribution < -0.4 is 5.32 Å². The van der Waals surface area contributed by atoms with E-state index in [4.69, 9.17) is 0 Å². The Kier molecular flexibility index (Phi) is 6.76. The molecule has 126 valence electrons. The zero-order chi connectivity index (χ0) is 17.4. The zero-order valence-electron chi connectivity index (χ0n) is 14.7. The highest BCUT2D eigenvalue weighted by Crippen LogP contribution is 2.13. The Morgan fingerprint density at radius 3 is 2.33 bits per heavy atom. The fourth-order valence-corrected chi connectivity index (χ4v) is 2.54. The van der Waals surface area contributed by atoms with E-state index in [2.05, 4.69) is 29.3 Å². The van der Waals surface area contributed by atoms with Crippen LogP contribution >= 0.6 is 0 Å². The molecule has 0 unspecified atom stereocenters. The molecule has 2 rings (SSSR count). The van der Waals surface area contributed by atoms with Gasteiger partial charge < -0.3 is 10.2 Å². The van der Waals surface area contributed by atoms with E-state index in [9.17, 15) is 4.79 Å². The van der Waals surface area contributed by atoms with E-state index in [1.807, 2.05) is 62.6 Å². The van der Waals surface area contributed by atoms with Gasteiger partial charge in [0.25, 0.3) is 0 Å². The molecule has 1 atom stereocenters. The Labute approximate surface area is 145 Å². The standard InChI is InChI=1S/C21H26N2O/c1-4-17-10-12-18(13-11-17)14-15-21(24)22-20(16-23(2)3)19-8-6-5-7-9-19/h5-15,20H,4,16H2,1-3H3,(H,22,24)/b15-14+/t20-/m1/s1. The number of aryl methyl sites for hydroxylation is 1. The monoisotopic (exact) mass is 322 g/mol. The van der Waals surface area contributed by atoms with Gasteiger partial charge in [-0.25, -0.2) is 0 Å². The van der Waals surface area contributed by atoms with Crippen LogP contribution in [0.15, 0.2) is 60.7 Å². The molecule has 0 aliphatic heterocycles. The van der Waals surface area contributed by atoms with Crippen molar-refractivity contribution in [2.75, 3.05) is 20.6 Å². The molecule has 2 aromatic rings. The average Bonchev–Trinajstić information content (AvgIpc) is 2.60. The Morgan fingerprint density at radius 2 is 1.75 bits per heavy atom. The summed E-state index contributed by atoms with van der Waals surface area (Å²) in [5.41, 5.74) is 3.44. The number of hydrogen-bond acceptors (Lipinski definition) is 2. The third kappa shape index (κ3) is 5.67. The van der Waals surface area contributed by atoms with Gasteiger partial charge in [0.2, 0.25) is 5.91 Å². The Bertz CT molecular complexity index is 660. The van der Waals surface area contributed by atoms with Crippen LogP contribution in [0, 0.1) is 0 Å². The van der Waals surface area contributed by atoms with Crippen LogP contribution in [0.5, 0.6) is 0 Å². The molecular formula is C21H26N2O. The fourth-order valence-electron chi connectivity index (χ4n) is 2.54. The molecule has 0 spiro atoms. The summed E-state index contributed by atoms with van der Waals surface area (Å²) in [4.78, 5) is 14.4. The number of benzene rings is 2. The van der Waals surface area contributed by atoms with Gasteiger partial charge in [-0.05, 0) is 43.3 Å². The number of nitrogens with zero attached hydrogens (tertiary/aromatic N) is 1. The van der Waals surface area contributed by atoms with E-state index in [1.54, 1.807) is 6.08 Å². The largest absolute Gasteiger partial charge is 0.344 e. The van der Waals surface area contributed by atoms with E-state index in [-0.39, 0.29) is 11.9 Å². The van der Waals surface area contributed by atoms with Gasteiger partial charge in [-0.15, -0.1) is 0 Å². The van der Waals surface area contributed by atoms with Gasteiger partial charge in [-0.1, -0.05) is 61.5 Å². The number of carbonyl (C=O) groups excluding carboxylic acids is 1. The number of carbonyl (C=O) groups is 1. The SMILES string of the molecule is CCc1ccc(/C=C/C(=O)N[C@H](CN(C)C)c2ccccc2)cc1. The molecule has 0 heterocycles. The number of rotatable bonds is 7. The van der Waals surface area contributed by atoms with Gasteiger partial charge in [0.15, 0.2) is 0 Å². The first-order chi connectivity index (χ1) is 11.6. The molecule has 24 heavy (non-hydrogen) atoms. The third-order valence-corrected chi connectivity index (χ3v) is 3.88. The molecule has 0 radical (unpaired) electrons. The molecular weight excluding hydrogens is 296 g/mol. The van der Waals surface area contributed by atoms with Crippen molar-refractivity contribution in [1.29, 1.82) is 0 Å². The summed E-state index contributed by atoms with van der Waals surface area (Å²) in [5, 5.41) is 3.09. The van der Waals surface area contributed by atoms with Crippen LogP contribution in [0.25, 0.3) is 6.08 Å². The number of nitrogens with one attached hydrogen (secondary N) is 1. The molecule has 1 N–H and O–H groups in total. The summed E-state index contributed by atoms with van der Waals surface area (Å²) in [6, 6.07) is 18.3. The summed E-state index contributed by atoms with van der Waals surface area (Å²) in [7, 11) is 4.01.